The summed E-state index contributed by atoms with van der Waals surface area (Å²) in [5.74, 6) is -0.320. The van der Waals surface area contributed by atoms with Crippen LogP contribution < -0.4 is 15.4 Å². The molecule has 2 rings (SSSR count). The van der Waals surface area contributed by atoms with Crippen LogP contribution in [-0.2, 0) is 6.54 Å². The molecule has 0 atom stereocenters. The van der Waals surface area contributed by atoms with Crippen molar-refractivity contribution in [1.82, 2.24) is 5.32 Å². The van der Waals surface area contributed by atoms with Gasteiger partial charge in [-0.25, -0.2) is 4.79 Å². The van der Waals surface area contributed by atoms with Gasteiger partial charge in [0, 0.05) is 11.6 Å². The highest BCUT2D eigenvalue weighted by molar-refractivity contribution is 7.80. The van der Waals surface area contributed by atoms with Gasteiger partial charge in [-0.1, -0.05) is 23.7 Å². The van der Waals surface area contributed by atoms with E-state index >= 15 is 0 Å². The van der Waals surface area contributed by atoms with Crippen molar-refractivity contribution in [2.75, 3.05) is 12.4 Å². The van der Waals surface area contributed by atoms with Crippen LogP contribution in [0, 0.1) is 0 Å². The smallest absolute Gasteiger partial charge is 0.335 e. The SMILES string of the molecule is COc1ccc(Cl)cc1NC(=S)NCc1ccc(C(=O)O)cc1. The number of thiocarbonyl (C=S) groups is 1. The second kappa shape index (κ2) is 7.80. The van der Waals surface area contributed by atoms with Crippen LogP contribution in [0.1, 0.15) is 15.9 Å². The zero-order valence-corrected chi connectivity index (χ0v) is 13.9. The van der Waals surface area contributed by atoms with Gasteiger partial charge < -0.3 is 20.5 Å². The van der Waals surface area contributed by atoms with Crippen molar-refractivity contribution in [2.24, 2.45) is 0 Å². The zero-order chi connectivity index (χ0) is 16.8. The molecule has 0 aromatic heterocycles. The maximum absolute atomic E-state index is 10.8. The second-order valence-electron chi connectivity index (χ2n) is 4.65. The Kier molecular flexibility index (Phi) is 5.78. The summed E-state index contributed by atoms with van der Waals surface area (Å²) in [4.78, 5) is 10.8. The maximum atomic E-state index is 10.8. The van der Waals surface area contributed by atoms with Crippen molar-refractivity contribution in [3.05, 3.63) is 58.6 Å². The van der Waals surface area contributed by atoms with Crippen molar-refractivity contribution in [3.63, 3.8) is 0 Å². The molecular weight excluding hydrogens is 336 g/mol. The minimum Gasteiger partial charge on any atom is -0.495 e. The van der Waals surface area contributed by atoms with Gasteiger partial charge in [-0.3, -0.25) is 0 Å². The van der Waals surface area contributed by atoms with E-state index in [1.54, 1.807) is 49.6 Å². The number of nitrogens with one attached hydrogen (secondary N) is 2. The Labute approximate surface area is 144 Å². The Morgan fingerprint density at radius 1 is 1.26 bits per heavy atom. The lowest BCUT2D eigenvalue weighted by Gasteiger charge is -2.13. The number of hydrogen-bond acceptors (Lipinski definition) is 3. The molecule has 120 valence electrons. The zero-order valence-electron chi connectivity index (χ0n) is 12.3. The molecule has 0 fully saturated rings. The van der Waals surface area contributed by atoms with Gasteiger partial charge in [0.05, 0.1) is 18.4 Å². The molecule has 5 nitrogen and oxygen atoms in total. The molecule has 0 aliphatic carbocycles. The average Bonchev–Trinajstić information content (AvgIpc) is 2.53. The summed E-state index contributed by atoms with van der Waals surface area (Å²) in [5, 5.41) is 15.9. The third-order valence-corrected chi connectivity index (χ3v) is 3.55. The number of benzene rings is 2. The first kappa shape index (κ1) is 17.1. The molecule has 2 aromatic rings. The predicted octanol–water partition coefficient (Wildman–Crippen LogP) is 3.53. The van der Waals surface area contributed by atoms with Crippen LogP contribution in [0.4, 0.5) is 5.69 Å². The molecule has 0 unspecified atom stereocenters. The molecule has 3 N–H and O–H groups in total. The summed E-state index contributed by atoms with van der Waals surface area (Å²) in [6, 6.07) is 11.8. The van der Waals surface area contributed by atoms with Gasteiger partial charge in [0.1, 0.15) is 5.75 Å². The van der Waals surface area contributed by atoms with Crippen LogP contribution in [0.2, 0.25) is 5.02 Å². The van der Waals surface area contributed by atoms with Gasteiger partial charge in [0.15, 0.2) is 5.11 Å². The van der Waals surface area contributed by atoms with E-state index in [4.69, 9.17) is 33.7 Å². The van der Waals surface area contributed by atoms with E-state index in [9.17, 15) is 4.79 Å². The lowest BCUT2D eigenvalue weighted by molar-refractivity contribution is 0.0697. The molecular formula is C16H15ClN2O3S. The Morgan fingerprint density at radius 2 is 1.96 bits per heavy atom. The summed E-state index contributed by atoms with van der Waals surface area (Å²) in [6.07, 6.45) is 0. The van der Waals surface area contributed by atoms with Crippen molar-refractivity contribution >= 4 is 40.6 Å². The van der Waals surface area contributed by atoms with Gasteiger partial charge in [0.25, 0.3) is 0 Å². The van der Waals surface area contributed by atoms with Crippen LogP contribution in [0.15, 0.2) is 42.5 Å². The average molecular weight is 351 g/mol. The molecule has 0 amide bonds. The van der Waals surface area contributed by atoms with Crippen molar-refractivity contribution in [3.8, 4) is 5.75 Å². The maximum Gasteiger partial charge on any atom is 0.335 e. The van der Waals surface area contributed by atoms with E-state index in [0.29, 0.717) is 28.1 Å². The Morgan fingerprint density at radius 3 is 2.57 bits per heavy atom. The number of rotatable bonds is 5. The third kappa shape index (κ3) is 4.84. The van der Waals surface area contributed by atoms with Crippen LogP contribution >= 0.6 is 23.8 Å². The fraction of sp³-hybridized carbons (Fsp3) is 0.125. The fourth-order valence-electron chi connectivity index (χ4n) is 1.89. The van der Waals surface area contributed by atoms with E-state index in [2.05, 4.69) is 10.6 Å². The first-order valence-electron chi connectivity index (χ1n) is 6.70. The van der Waals surface area contributed by atoms with Crippen molar-refractivity contribution < 1.29 is 14.6 Å². The molecule has 0 aliphatic rings. The molecule has 0 heterocycles. The molecule has 2 aromatic carbocycles. The van der Waals surface area contributed by atoms with Gasteiger partial charge in [-0.15, -0.1) is 0 Å². The lowest BCUT2D eigenvalue weighted by Crippen LogP contribution is -2.28. The molecule has 0 bridgehead atoms. The highest BCUT2D eigenvalue weighted by Crippen LogP contribution is 2.27. The minimum absolute atomic E-state index is 0.248. The number of methoxy groups -OCH3 is 1. The Hall–Kier alpha value is -2.31. The first-order chi connectivity index (χ1) is 11.0. The molecule has 0 radical (unpaired) electrons. The Balaban J connectivity index is 1.95. The van der Waals surface area contributed by atoms with Gasteiger partial charge in [-0.05, 0) is 48.1 Å². The van der Waals surface area contributed by atoms with Crippen LogP contribution in [-0.4, -0.2) is 23.3 Å². The monoisotopic (exact) mass is 350 g/mol. The van der Waals surface area contributed by atoms with Crippen molar-refractivity contribution in [1.29, 1.82) is 0 Å². The van der Waals surface area contributed by atoms with E-state index in [-0.39, 0.29) is 5.56 Å². The first-order valence-corrected chi connectivity index (χ1v) is 7.49. The molecule has 0 aliphatic heterocycles. The summed E-state index contributed by atoms with van der Waals surface area (Å²) in [7, 11) is 1.56. The molecule has 0 saturated carbocycles. The van der Waals surface area contributed by atoms with Crippen LogP contribution in [0.5, 0.6) is 5.75 Å². The van der Waals surface area contributed by atoms with Crippen molar-refractivity contribution in [2.45, 2.75) is 6.54 Å². The van der Waals surface area contributed by atoms with Crippen LogP contribution in [0.25, 0.3) is 0 Å². The Bertz CT molecular complexity index is 720. The molecule has 7 heteroatoms. The lowest BCUT2D eigenvalue weighted by atomic mass is 10.1. The second-order valence-corrected chi connectivity index (χ2v) is 5.50. The number of halogens is 1. The molecule has 23 heavy (non-hydrogen) atoms. The van der Waals surface area contributed by atoms with Crippen LogP contribution in [0.3, 0.4) is 0 Å². The number of carbonyl (C=O) groups is 1. The molecule has 0 spiro atoms. The number of carboxylic acids is 1. The summed E-state index contributed by atoms with van der Waals surface area (Å²) < 4.78 is 5.24. The van der Waals surface area contributed by atoms with Gasteiger partial charge in [-0.2, -0.15) is 0 Å². The number of carboxylic acid groups (broad SMARTS) is 1. The summed E-state index contributed by atoms with van der Waals surface area (Å²) in [6.45, 7) is 0.467. The number of hydrogen-bond donors (Lipinski definition) is 3. The highest BCUT2D eigenvalue weighted by atomic mass is 35.5. The number of anilines is 1. The topological polar surface area (TPSA) is 70.6 Å². The fourth-order valence-corrected chi connectivity index (χ4v) is 2.25. The minimum atomic E-state index is -0.949. The standard InChI is InChI=1S/C16H15ClN2O3S/c1-22-14-7-6-12(17)8-13(14)19-16(23)18-9-10-2-4-11(5-3-10)15(20)21/h2-8H,9H2,1H3,(H,20,21)(H2,18,19,23). The van der Waals surface area contributed by atoms with E-state index in [1.807, 2.05) is 0 Å². The molecule has 0 saturated heterocycles. The summed E-state index contributed by atoms with van der Waals surface area (Å²) >= 11 is 11.2. The van der Waals surface area contributed by atoms with E-state index in [1.165, 1.54) is 0 Å². The third-order valence-electron chi connectivity index (χ3n) is 3.06. The highest BCUT2D eigenvalue weighted by Gasteiger charge is 2.06. The normalized spacial score (nSPS) is 10.0. The van der Waals surface area contributed by atoms with E-state index in [0.717, 1.165) is 5.56 Å². The van der Waals surface area contributed by atoms with E-state index < -0.39 is 5.97 Å². The quantitative estimate of drug-likeness (QED) is 0.717. The van der Waals surface area contributed by atoms with Gasteiger partial charge >= 0.3 is 5.97 Å². The number of ether oxygens (including phenoxy) is 1. The largest absolute Gasteiger partial charge is 0.495 e. The van der Waals surface area contributed by atoms with Gasteiger partial charge in [0.2, 0.25) is 0 Å². The predicted molar refractivity (Wildman–Crippen MR) is 94.5 cm³/mol. The number of aromatic carboxylic acids is 1. The summed E-state index contributed by atoms with van der Waals surface area (Å²) in [5.41, 5.74) is 1.83.